The van der Waals surface area contributed by atoms with Gasteiger partial charge in [-0.15, -0.1) is 0 Å². The second-order valence-corrected chi connectivity index (χ2v) is 7.55. The van der Waals surface area contributed by atoms with E-state index in [1.165, 1.54) is 0 Å². The Hall–Kier alpha value is -3.40. The minimum absolute atomic E-state index is 0.0743. The summed E-state index contributed by atoms with van der Waals surface area (Å²) in [6.45, 7) is -0.152. The molecular formula is C27H22O3. The van der Waals surface area contributed by atoms with Crippen LogP contribution in [0.3, 0.4) is 0 Å². The molecule has 0 spiro atoms. The van der Waals surface area contributed by atoms with Crippen molar-refractivity contribution in [3.63, 3.8) is 0 Å². The van der Waals surface area contributed by atoms with Crippen LogP contribution in [0.25, 0.3) is 16.8 Å². The van der Waals surface area contributed by atoms with Crippen LogP contribution in [-0.4, -0.2) is 10.2 Å². The van der Waals surface area contributed by atoms with Crippen molar-refractivity contribution < 1.29 is 14.9 Å². The smallest absolute Gasteiger partial charge is 0.178 e. The van der Waals surface area contributed by atoms with E-state index in [9.17, 15) is 10.2 Å². The Balaban J connectivity index is 1.74. The molecule has 3 nitrogen and oxygen atoms in total. The highest BCUT2D eigenvalue weighted by molar-refractivity contribution is 5.96. The van der Waals surface area contributed by atoms with Crippen LogP contribution in [0.15, 0.2) is 91.0 Å². The van der Waals surface area contributed by atoms with Gasteiger partial charge in [-0.3, -0.25) is 0 Å². The Bertz CT molecular complexity index is 1190. The fourth-order valence-electron chi connectivity index (χ4n) is 4.32. The largest absolute Gasteiger partial charge is 0.473 e. The second-order valence-electron chi connectivity index (χ2n) is 7.55. The summed E-state index contributed by atoms with van der Waals surface area (Å²) < 4.78 is 6.73. The van der Waals surface area contributed by atoms with Gasteiger partial charge in [0.1, 0.15) is 5.75 Å². The van der Waals surface area contributed by atoms with Gasteiger partial charge in [0, 0.05) is 16.7 Å². The summed E-state index contributed by atoms with van der Waals surface area (Å²) in [4.78, 5) is 0. The van der Waals surface area contributed by atoms with Gasteiger partial charge in [0.25, 0.3) is 0 Å². The summed E-state index contributed by atoms with van der Waals surface area (Å²) in [5, 5.41) is 21.4. The molecule has 2 N–H and O–H groups in total. The van der Waals surface area contributed by atoms with Crippen molar-refractivity contribution in [3.05, 3.63) is 119 Å². The fourth-order valence-corrected chi connectivity index (χ4v) is 4.32. The predicted molar refractivity (Wildman–Crippen MR) is 119 cm³/mol. The van der Waals surface area contributed by atoms with Crippen molar-refractivity contribution in [2.24, 2.45) is 0 Å². The van der Waals surface area contributed by atoms with E-state index in [4.69, 9.17) is 4.74 Å². The van der Waals surface area contributed by atoms with Crippen molar-refractivity contribution in [2.75, 3.05) is 0 Å². The van der Waals surface area contributed by atoms with Gasteiger partial charge in [0.05, 0.1) is 13.2 Å². The molecule has 0 bridgehead atoms. The monoisotopic (exact) mass is 394 g/mol. The maximum absolute atomic E-state index is 9.81. The molecule has 0 atom stereocenters. The van der Waals surface area contributed by atoms with Crippen molar-refractivity contribution in [1.29, 1.82) is 0 Å². The summed E-state index contributed by atoms with van der Waals surface area (Å²) in [5.41, 5.74) is 3.92. The molecule has 3 heteroatoms. The van der Waals surface area contributed by atoms with Crippen LogP contribution in [0.5, 0.6) is 5.75 Å². The molecule has 0 saturated carbocycles. The third kappa shape index (κ3) is 2.91. The molecule has 1 aliphatic rings. The highest BCUT2D eigenvalue weighted by Crippen LogP contribution is 2.44. The number of rotatable bonds is 4. The van der Waals surface area contributed by atoms with Crippen LogP contribution < -0.4 is 4.74 Å². The minimum Gasteiger partial charge on any atom is -0.473 e. The zero-order chi connectivity index (χ0) is 20.6. The lowest BCUT2D eigenvalue weighted by atomic mass is 9.83. The second kappa shape index (κ2) is 7.45. The first kappa shape index (κ1) is 18.6. The van der Waals surface area contributed by atoms with Crippen LogP contribution >= 0.6 is 0 Å². The Labute approximate surface area is 175 Å². The van der Waals surface area contributed by atoms with E-state index in [1.54, 1.807) is 0 Å². The normalized spacial score (nSPS) is 14.3. The Morgan fingerprint density at radius 3 is 1.97 bits per heavy atom. The van der Waals surface area contributed by atoms with Gasteiger partial charge in [-0.25, -0.2) is 0 Å². The first-order valence-electron chi connectivity index (χ1n) is 10.0. The number of fused-ring (bicyclic) bond motifs is 3. The van der Waals surface area contributed by atoms with Gasteiger partial charge in [-0.2, -0.15) is 0 Å². The average molecular weight is 394 g/mol. The van der Waals surface area contributed by atoms with Crippen LogP contribution in [0.4, 0.5) is 0 Å². The maximum Gasteiger partial charge on any atom is 0.178 e. The topological polar surface area (TPSA) is 49.7 Å². The lowest BCUT2D eigenvalue weighted by Crippen LogP contribution is -2.34. The first-order valence-corrected chi connectivity index (χ1v) is 10.0. The molecular weight excluding hydrogens is 372 g/mol. The summed E-state index contributed by atoms with van der Waals surface area (Å²) in [6.07, 6.45) is 4.20. The molecule has 1 heterocycles. The molecule has 0 aromatic heterocycles. The van der Waals surface area contributed by atoms with E-state index in [1.807, 2.05) is 60.7 Å². The van der Waals surface area contributed by atoms with Crippen LogP contribution in [-0.2, 0) is 18.8 Å². The third-order valence-electron chi connectivity index (χ3n) is 5.80. The van der Waals surface area contributed by atoms with Gasteiger partial charge >= 0.3 is 0 Å². The van der Waals surface area contributed by atoms with Crippen molar-refractivity contribution in [2.45, 2.75) is 18.8 Å². The minimum atomic E-state index is -0.725. The fraction of sp³-hybridized carbons (Fsp3) is 0.111. The molecule has 1 aliphatic heterocycles. The number of benzene rings is 4. The molecule has 5 rings (SSSR count). The molecule has 4 aromatic rings. The summed E-state index contributed by atoms with van der Waals surface area (Å²) in [5.74, 6) is 0.775. The van der Waals surface area contributed by atoms with E-state index >= 15 is 0 Å². The molecule has 0 radical (unpaired) electrons. The molecule has 148 valence electrons. The van der Waals surface area contributed by atoms with Gasteiger partial charge < -0.3 is 14.9 Å². The van der Waals surface area contributed by atoms with Crippen LogP contribution in [0.1, 0.15) is 27.8 Å². The Kier molecular flexibility index (Phi) is 4.62. The molecule has 0 fully saturated rings. The molecule has 0 amide bonds. The number of aliphatic hydroxyl groups excluding tert-OH is 2. The highest BCUT2D eigenvalue weighted by Gasteiger charge is 2.37. The lowest BCUT2D eigenvalue weighted by Gasteiger charge is -2.36. The zero-order valence-electron chi connectivity index (χ0n) is 16.5. The van der Waals surface area contributed by atoms with Crippen LogP contribution in [0, 0.1) is 0 Å². The van der Waals surface area contributed by atoms with Crippen molar-refractivity contribution >= 4 is 16.8 Å². The van der Waals surface area contributed by atoms with Gasteiger partial charge in [-0.05, 0) is 46.2 Å². The van der Waals surface area contributed by atoms with Gasteiger partial charge in [0.2, 0.25) is 0 Å². The third-order valence-corrected chi connectivity index (χ3v) is 5.80. The van der Waals surface area contributed by atoms with Crippen LogP contribution in [0.2, 0.25) is 0 Å². The van der Waals surface area contributed by atoms with E-state index in [0.29, 0.717) is 0 Å². The van der Waals surface area contributed by atoms with Gasteiger partial charge in [0.15, 0.2) is 5.60 Å². The molecule has 0 unspecified atom stereocenters. The molecule has 30 heavy (non-hydrogen) atoms. The predicted octanol–water partition coefficient (Wildman–Crippen LogP) is 5.17. The van der Waals surface area contributed by atoms with E-state index in [2.05, 4.69) is 36.4 Å². The maximum atomic E-state index is 9.81. The quantitative estimate of drug-likeness (QED) is 0.502. The summed E-state index contributed by atoms with van der Waals surface area (Å²) >= 11 is 0. The number of ether oxygens (including phenoxy) is 1. The molecule has 0 aliphatic carbocycles. The average Bonchev–Trinajstić information content (AvgIpc) is 2.83. The lowest BCUT2D eigenvalue weighted by molar-refractivity contribution is 0.161. The van der Waals surface area contributed by atoms with Crippen molar-refractivity contribution in [1.82, 2.24) is 0 Å². The zero-order valence-corrected chi connectivity index (χ0v) is 16.5. The summed E-state index contributed by atoms with van der Waals surface area (Å²) in [7, 11) is 0. The summed E-state index contributed by atoms with van der Waals surface area (Å²) in [6, 6.07) is 28.2. The highest BCUT2D eigenvalue weighted by atomic mass is 16.5. The SMILES string of the molecule is OCc1cc(CO)c2ccc3c(c2c1)C=CC(c1ccccc1)(c1ccccc1)O3. The van der Waals surface area contributed by atoms with E-state index < -0.39 is 5.60 Å². The Morgan fingerprint density at radius 1 is 0.700 bits per heavy atom. The first-order chi connectivity index (χ1) is 14.7. The van der Waals surface area contributed by atoms with Gasteiger partial charge in [-0.1, -0.05) is 72.8 Å². The molecule has 0 saturated heterocycles. The number of aliphatic hydroxyl groups is 2. The Morgan fingerprint density at radius 2 is 1.37 bits per heavy atom. The molecule has 4 aromatic carbocycles. The number of hydrogen-bond acceptors (Lipinski definition) is 3. The van der Waals surface area contributed by atoms with E-state index in [0.717, 1.165) is 44.3 Å². The van der Waals surface area contributed by atoms with Crippen molar-refractivity contribution in [3.8, 4) is 5.75 Å². The van der Waals surface area contributed by atoms with E-state index in [-0.39, 0.29) is 13.2 Å². The standard InChI is InChI=1S/C27H22O3/c28-17-19-15-20(18-29)23-11-12-26-24(25(23)16-19)13-14-27(30-26,21-7-3-1-4-8-21)22-9-5-2-6-10-22/h1-16,28-29H,17-18H2. The number of hydrogen-bond donors (Lipinski definition) is 2.